The number of carboxylic acids is 1. The van der Waals surface area contributed by atoms with E-state index in [1.54, 1.807) is 10.9 Å². The van der Waals surface area contributed by atoms with Gasteiger partial charge in [0.05, 0.1) is 18.0 Å². The SMILES string of the molecule is CC(C)n1cc(NC(=O)N[C@H](C(=O)O)[C@@H](C)O)cn1. The largest absolute Gasteiger partial charge is 0.480 e. The van der Waals surface area contributed by atoms with Crippen molar-refractivity contribution in [2.45, 2.75) is 39.0 Å². The third kappa shape index (κ3) is 4.25. The molecule has 106 valence electrons. The molecule has 8 nitrogen and oxygen atoms in total. The van der Waals surface area contributed by atoms with Crippen molar-refractivity contribution >= 4 is 17.7 Å². The minimum absolute atomic E-state index is 0.155. The van der Waals surface area contributed by atoms with Gasteiger partial charge in [0.25, 0.3) is 0 Å². The molecule has 0 saturated carbocycles. The molecule has 0 aliphatic carbocycles. The maximum atomic E-state index is 11.6. The molecule has 0 radical (unpaired) electrons. The van der Waals surface area contributed by atoms with Gasteiger partial charge < -0.3 is 20.8 Å². The Morgan fingerprint density at radius 2 is 2.00 bits per heavy atom. The van der Waals surface area contributed by atoms with E-state index < -0.39 is 24.1 Å². The molecule has 1 heterocycles. The lowest BCUT2D eigenvalue weighted by Gasteiger charge is -2.16. The van der Waals surface area contributed by atoms with Crippen molar-refractivity contribution in [1.82, 2.24) is 15.1 Å². The van der Waals surface area contributed by atoms with Gasteiger partial charge in [-0.15, -0.1) is 0 Å². The normalized spacial score (nSPS) is 13.9. The van der Waals surface area contributed by atoms with Gasteiger partial charge in [-0.25, -0.2) is 9.59 Å². The number of aliphatic carboxylic acids is 1. The van der Waals surface area contributed by atoms with E-state index in [-0.39, 0.29) is 6.04 Å². The number of carboxylic acid groups (broad SMARTS) is 1. The second-order valence-corrected chi connectivity index (χ2v) is 4.46. The Bertz CT molecular complexity index is 455. The van der Waals surface area contributed by atoms with Gasteiger partial charge in [0.2, 0.25) is 0 Å². The van der Waals surface area contributed by atoms with Crippen LogP contribution in [0.1, 0.15) is 26.8 Å². The number of anilines is 1. The molecule has 0 aliphatic heterocycles. The fourth-order valence-electron chi connectivity index (χ4n) is 1.38. The van der Waals surface area contributed by atoms with Gasteiger partial charge in [-0.05, 0) is 20.8 Å². The highest BCUT2D eigenvalue weighted by Gasteiger charge is 2.25. The van der Waals surface area contributed by atoms with Crippen molar-refractivity contribution in [2.24, 2.45) is 0 Å². The molecule has 1 aromatic rings. The van der Waals surface area contributed by atoms with Crippen LogP contribution in [0.4, 0.5) is 10.5 Å². The van der Waals surface area contributed by atoms with Crippen LogP contribution in [0.15, 0.2) is 12.4 Å². The van der Waals surface area contributed by atoms with Crippen molar-refractivity contribution in [3.05, 3.63) is 12.4 Å². The maximum Gasteiger partial charge on any atom is 0.328 e. The molecule has 0 unspecified atom stereocenters. The number of rotatable bonds is 5. The smallest absolute Gasteiger partial charge is 0.328 e. The first kappa shape index (κ1) is 15.0. The van der Waals surface area contributed by atoms with Crippen LogP contribution in [0, 0.1) is 0 Å². The number of nitrogens with zero attached hydrogens (tertiary/aromatic N) is 2. The molecule has 0 saturated heterocycles. The third-order valence-electron chi connectivity index (χ3n) is 2.42. The highest BCUT2D eigenvalue weighted by molar-refractivity contribution is 5.92. The number of nitrogens with one attached hydrogen (secondary N) is 2. The first-order chi connectivity index (χ1) is 8.81. The van der Waals surface area contributed by atoms with E-state index in [1.165, 1.54) is 13.1 Å². The molecule has 19 heavy (non-hydrogen) atoms. The number of carbonyl (C=O) groups excluding carboxylic acids is 1. The molecule has 1 aromatic heterocycles. The van der Waals surface area contributed by atoms with Crippen molar-refractivity contribution in [3.63, 3.8) is 0 Å². The molecule has 1 rings (SSSR count). The zero-order chi connectivity index (χ0) is 14.6. The van der Waals surface area contributed by atoms with Gasteiger partial charge in [-0.2, -0.15) is 5.10 Å². The summed E-state index contributed by atoms with van der Waals surface area (Å²) in [5.74, 6) is -1.30. The molecule has 2 amide bonds. The molecule has 4 N–H and O–H groups in total. The molecule has 0 aliphatic rings. The Kier molecular flexibility index (Phi) is 4.87. The number of hydrogen-bond acceptors (Lipinski definition) is 4. The second-order valence-electron chi connectivity index (χ2n) is 4.46. The van der Waals surface area contributed by atoms with Crippen LogP contribution in [0.3, 0.4) is 0 Å². The summed E-state index contributed by atoms with van der Waals surface area (Å²) in [6, 6.07) is -1.92. The van der Waals surface area contributed by atoms with Crippen molar-refractivity contribution in [1.29, 1.82) is 0 Å². The average Bonchev–Trinajstić information content (AvgIpc) is 2.73. The van der Waals surface area contributed by atoms with Crippen LogP contribution >= 0.6 is 0 Å². The Hall–Kier alpha value is -2.09. The molecule has 0 fully saturated rings. The van der Waals surface area contributed by atoms with E-state index >= 15 is 0 Å². The Morgan fingerprint density at radius 3 is 2.42 bits per heavy atom. The van der Waals surface area contributed by atoms with Gasteiger partial charge in [0, 0.05) is 12.2 Å². The number of aliphatic hydroxyl groups is 1. The molecule has 0 aromatic carbocycles. The van der Waals surface area contributed by atoms with E-state index in [0.29, 0.717) is 5.69 Å². The van der Waals surface area contributed by atoms with Crippen molar-refractivity contribution < 1.29 is 19.8 Å². The maximum absolute atomic E-state index is 11.6. The minimum Gasteiger partial charge on any atom is -0.480 e. The minimum atomic E-state index is -1.36. The van der Waals surface area contributed by atoms with Crippen molar-refractivity contribution in [3.8, 4) is 0 Å². The van der Waals surface area contributed by atoms with Crippen LogP contribution in [-0.2, 0) is 4.79 Å². The summed E-state index contributed by atoms with van der Waals surface area (Å²) in [4.78, 5) is 22.4. The standard InChI is InChI=1S/C11H18N4O4/c1-6(2)15-5-8(4-12-15)13-11(19)14-9(7(3)16)10(17)18/h4-7,9,16H,1-3H3,(H,17,18)(H2,13,14,19)/t7-,9+/m1/s1. The Morgan fingerprint density at radius 1 is 1.37 bits per heavy atom. The lowest BCUT2D eigenvalue weighted by Crippen LogP contribution is -2.49. The highest BCUT2D eigenvalue weighted by Crippen LogP contribution is 2.09. The molecular weight excluding hydrogens is 252 g/mol. The highest BCUT2D eigenvalue weighted by atomic mass is 16.4. The summed E-state index contributed by atoms with van der Waals surface area (Å²) in [5.41, 5.74) is 0.445. The quantitative estimate of drug-likeness (QED) is 0.618. The van der Waals surface area contributed by atoms with Crippen LogP contribution in [0.5, 0.6) is 0 Å². The van der Waals surface area contributed by atoms with E-state index in [9.17, 15) is 14.7 Å². The fraction of sp³-hybridized carbons (Fsp3) is 0.545. The molecule has 2 atom stereocenters. The zero-order valence-corrected chi connectivity index (χ0v) is 11.0. The van der Waals surface area contributed by atoms with Gasteiger partial charge >= 0.3 is 12.0 Å². The van der Waals surface area contributed by atoms with Crippen LogP contribution in [0.25, 0.3) is 0 Å². The van der Waals surface area contributed by atoms with Crippen molar-refractivity contribution in [2.75, 3.05) is 5.32 Å². The predicted octanol–water partition coefficient (Wildman–Crippen LogP) is 0.420. The lowest BCUT2D eigenvalue weighted by molar-refractivity contribution is -0.141. The Balaban J connectivity index is 2.61. The molecular formula is C11H18N4O4. The number of urea groups is 1. The summed E-state index contributed by atoms with van der Waals surface area (Å²) >= 11 is 0. The van der Waals surface area contributed by atoms with E-state index in [0.717, 1.165) is 0 Å². The number of amides is 2. The summed E-state index contributed by atoms with van der Waals surface area (Å²) in [5, 5.41) is 26.7. The third-order valence-corrected chi connectivity index (χ3v) is 2.42. The van der Waals surface area contributed by atoms with E-state index in [2.05, 4.69) is 15.7 Å². The second kappa shape index (κ2) is 6.19. The molecule has 8 heteroatoms. The van der Waals surface area contributed by atoms with E-state index in [4.69, 9.17) is 5.11 Å². The summed E-state index contributed by atoms with van der Waals surface area (Å²) < 4.78 is 1.65. The number of hydrogen-bond donors (Lipinski definition) is 4. The topological polar surface area (TPSA) is 116 Å². The van der Waals surface area contributed by atoms with Gasteiger partial charge in [0.15, 0.2) is 6.04 Å². The van der Waals surface area contributed by atoms with Gasteiger partial charge in [0.1, 0.15) is 0 Å². The first-order valence-corrected chi connectivity index (χ1v) is 5.83. The number of aromatic nitrogens is 2. The summed E-state index contributed by atoms with van der Waals surface area (Å²) in [6.07, 6.45) is 1.89. The van der Waals surface area contributed by atoms with Crippen LogP contribution in [0.2, 0.25) is 0 Å². The van der Waals surface area contributed by atoms with Gasteiger partial charge in [-0.1, -0.05) is 0 Å². The number of aliphatic hydroxyl groups excluding tert-OH is 1. The zero-order valence-electron chi connectivity index (χ0n) is 11.0. The van der Waals surface area contributed by atoms with Crippen LogP contribution in [-0.4, -0.2) is 44.1 Å². The first-order valence-electron chi connectivity index (χ1n) is 5.83. The fourth-order valence-corrected chi connectivity index (χ4v) is 1.38. The summed E-state index contributed by atoms with van der Waals surface area (Å²) in [7, 11) is 0. The monoisotopic (exact) mass is 270 g/mol. The Labute approximate surface area is 110 Å². The van der Waals surface area contributed by atoms with Crippen LogP contribution < -0.4 is 10.6 Å². The van der Waals surface area contributed by atoms with Gasteiger partial charge in [-0.3, -0.25) is 4.68 Å². The van der Waals surface area contributed by atoms with E-state index in [1.807, 2.05) is 13.8 Å². The number of carbonyl (C=O) groups is 2. The average molecular weight is 270 g/mol. The predicted molar refractivity (Wildman–Crippen MR) is 67.9 cm³/mol. The molecule has 0 spiro atoms. The molecule has 0 bridgehead atoms. The summed E-state index contributed by atoms with van der Waals surface area (Å²) in [6.45, 7) is 5.16. The lowest BCUT2D eigenvalue weighted by atomic mass is 10.2.